The molecule has 0 N–H and O–H groups in total. The van der Waals surface area contributed by atoms with Gasteiger partial charge in [0.05, 0.1) is 5.52 Å². The third kappa shape index (κ3) is 6.77. The van der Waals surface area contributed by atoms with Crippen LogP contribution in [0.1, 0.15) is 88.8 Å². The van der Waals surface area contributed by atoms with Crippen molar-refractivity contribution in [3.8, 4) is 0 Å². The first-order valence-electron chi connectivity index (χ1n) is 9.76. The molecule has 1 aromatic heterocycles. The highest BCUT2D eigenvalue weighted by atomic mass is 35.5. The SMILES string of the molecule is CCCCCCCCCCCCCC(=O)n1nnc2cc(Cl)ccc21. The van der Waals surface area contributed by atoms with Crippen LogP contribution in [0.25, 0.3) is 11.0 Å². The number of rotatable bonds is 12. The molecular formula is C20H30ClN3O. The number of hydrogen-bond donors (Lipinski definition) is 0. The Balaban J connectivity index is 1.56. The Hall–Kier alpha value is -1.42. The van der Waals surface area contributed by atoms with Crippen LogP contribution in [0.5, 0.6) is 0 Å². The van der Waals surface area contributed by atoms with Crippen molar-refractivity contribution >= 4 is 28.5 Å². The topological polar surface area (TPSA) is 47.8 Å². The van der Waals surface area contributed by atoms with E-state index in [1.165, 1.54) is 62.5 Å². The molecule has 4 nitrogen and oxygen atoms in total. The standard InChI is InChI=1S/C20H30ClN3O/c1-2-3-4-5-6-7-8-9-10-11-12-13-20(25)24-19-15-14-17(21)16-18(19)22-23-24/h14-16H,2-13H2,1H3. The van der Waals surface area contributed by atoms with Crippen molar-refractivity contribution in [2.24, 2.45) is 0 Å². The van der Waals surface area contributed by atoms with E-state index in [9.17, 15) is 4.79 Å². The van der Waals surface area contributed by atoms with Crippen LogP contribution in [0.15, 0.2) is 18.2 Å². The van der Waals surface area contributed by atoms with Gasteiger partial charge in [0, 0.05) is 11.4 Å². The van der Waals surface area contributed by atoms with Gasteiger partial charge in [-0.3, -0.25) is 4.79 Å². The zero-order chi connectivity index (χ0) is 17.9. The van der Waals surface area contributed by atoms with Gasteiger partial charge in [-0.2, -0.15) is 4.68 Å². The fourth-order valence-corrected chi connectivity index (χ4v) is 3.29. The van der Waals surface area contributed by atoms with E-state index in [0.29, 0.717) is 17.0 Å². The van der Waals surface area contributed by atoms with Crippen LogP contribution in [0.2, 0.25) is 5.02 Å². The number of carbonyl (C=O) groups is 1. The lowest BCUT2D eigenvalue weighted by atomic mass is 10.1. The van der Waals surface area contributed by atoms with Gasteiger partial charge in [0.2, 0.25) is 5.91 Å². The number of carbonyl (C=O) groups excluding carboxylic acids is 1. The van der Waals surface area contributed by atoms with Gasteiger partial charge < -0.3 is 0 Å². The van der Waals surface area contributed by atoms with Crippen LogP contribution in [0.3, 0.4) is 0 Å². The molecule has 0 aliphatic carbocycles. The second-order valence-corrected chi connectivity index (χ2v) is 7.25. The first-order chi connectivity index (χ1) is 12.2. The molecule has 0 bridgehead atoms. The van der Waals surface area contributed by atoms with E-state index in [0.717, 1.165) is 18.4 Å². The lowest BCUT2D eigenvalue weighted by Crippen LogP contribution is -2.12. The van der Waals surface area contributed by atoms with Crippen molar-refractivity contribution in [2.45, 2.75) is 84.0 Å². The van der Waals surface area contributed by atoms with E-state index < -0.39 is 0 Å². The molecule has 25 heavy (non-hydrogen) atoms. The number of fused-ring (bicyclic) bond motifs is 1. The molecule has 0 fully saturated rings. The maximum atomic E-state index is 12.3. The highest BCUT2D eigenvalue weighted by Gasteiger charge is 2.11. The number of benzene rings is 1. The summed E-state index contributed by atoms with van der Waals surface area (Å²) in [6, 6.07) is 5.30. The number of hydrogen-bond acceptors (Lipinski definition) is 3. The zero-order valence-corrected chi connectivity index (χ0v) is 16.1. The van der Waals surface area contributed by atoms with Crippen LogP contribution in [-0.4, -0.2) is 20.9 Å². The maximum Gasteiger partial charge on any atom is 0.248 e. The third-order valence-corrected chi connectivity index (χ3v) is 4.87. The Bertz CT molecular complexity index is 653. The Morgan fingerprint density at radius 1 is 0.960 bits per heavy atom. The maximum absolute atomic E-state index is 12.3. The minimum absolute atomic E-state index is 0.0146. The second kappa shape index (κ2) is 11.2. The van der Waals surface area contributed by atoms with Crippen LogP contribution >= 0.6 is 11.6 Å². The van der Waals surface area contributed by atoms with Crippen molar-refractivity contribution in [2.75, 3.05) is 0 Å². The highest BCUT2D eigenvalue weighted by Crippen LogP contribution is 2.18. The summed E-state index contributed by atoms with van der Waals surface area (Å²) in [5.41, 5.74) is 1.40. The van der Waals surface area contributed by atoms with Crippen LogP contribution in [-0.2, 0) is 0 Å². The summed E-state index contributed by atoms with van der Waals surface area (Å²) in [5.74, 6) is 0.0146. The summed E-state index contributed by atoms with van der Waals surface area (Å²) in [7, 11) is 0. The van der Waals surface area contributed by atoms with E-state index in [1.807, 2.05) is 0 Å². The normalized spacial score (nSPS) is 11.3. The molecule has 5 heteroatoms. The van der Waals surface area contributed by atoms with Crippen molar-refractivity contribution in [1.29, 1.82) is 0 Å². The predicted octanol–water partition coefficient (Wildman–Crippen LogP) is 6.43. The quantitative estimate of drug-likeness (QED) is 0.408. The number of halogens is 1. The lowest BCUT2D eigenvalue weighted by molar-refractivity contribution is 0.0886. The van der Waals surface area contributed by atoms with E-state index in [2.05, 4.69) is 17.2 Å². The Morgan fingerprint density at radius 3 is 2.20 bits per heavy atom. The minimum atomic E-state index is 0.0146. The Labute approximate surface area is 155 Å². The number of nitrogens with zero attached hydrogens (tertiary/aromatic N) is 3. The van der Waals surface area contributed by atoms with Crippen LogP contribution in [0, 0.1) is 0 Å². The molecule has 0 amide bonds. The second-order valence-electron chi connectivity index (χ2n) is 6.81. The first kappa shape index (κ1) is 19.9. The predicted molar refractivity (Wildman–Crippen MR) is 104 cm³/mol. The van der Waals surface area contributed by atoms with E-state index in [4.69, 9.17) is 11.6 Å². The van der Waals surface area contributed by atoms with Gasteiger partial charge in [-0.15, -0.1) is 5.10 Å². The molecule has 0 saturated carbocycles. The summed E-state index contributed by atoms with van der Waals surface area (Å²) < 4.78 is 1.40. The van der Waals surface area contributed by atoms with Gasteiger partial charge in [0.1, 0.15) is 5.52 Å². The molecule has 0 unspecified atom stereocenters. The smallest absolute Gasteiger partial charge is 0.248 e. The van der Waals surface area contributed by atoms with Gasteiger partial charge in [-0.1, -0.05) is 87.9 Å². The summed E-state index contributed by atoms with van der Waals surface area (Å²) in [4.78, 5) is 12.3. The van der Waals surface area contributed by atoms with Crippen LogP contribution < -0.4 is 0 Å². The molecule has 0 spiro atoms. The van der Waals surface area contributed by atoms with E-state index in [1.54, 1.807) is 18.2 Å². The molecule has 1 aromatic carbocycles. The van der Waals surface area contributed by atoms with Crippen LogP contribution in [0.4, 0.5) is 0 Å². The van der Waals surface area contributed by atoms with Crippen molar-refractivity contribution < 1.29 is 4.79 Å². The van der Waals surface area contributed by atoms with Crippen molar-refractivity contribution in [3.63, 3.8) is 0 Å². The van der Waals surface area contributed by atoms with Gasteiger partial charge in [-0.05, 0) is 24.6 Å². The molecule has 0 radical (unpaired) electrons. The average Bonchev–Trinajstić information content (AvgIpc) is 3.02. The van der Waals surface area contributed by atoms with Crippen molar-refractivity contribution in [1.82, 2.24) is 15.0 Å². The highest BCUT2D eigenvalue weighted by molar-refractivity contribution is 6.31. The molecule has 1 heterocycles. The Kier molecular flexibility index (Phi) is 8.95. The van der Waals surface area contributed by atoms with E-state index >= 15 is 0 Å². The van der Waals surface area contributed by atoms with E-state index in [-0.39, 0.29) is 5.91 Å². The molecular weight excluding hydrogens is 334 g/mol. The summed E-state index contributed by atoms with van der Waals surface area (Å²) in [6.07, 6.45) is 14.6. The lowest BCUT2D eigenvalue weighted by Gasteiger charge is -2.03. The molecule has 2 aromatic rings. The van der Waals surface area contributed by atoms with Gasteiger partial charge in [0.25, 0.3) is 0 Å². The fourth-order valence-electron chi connectivity index (χ4n) is 3.13. The molecule has 0 aliphatic rings. The zero-order valence-electron chi connectivity index (χ0n) is 15.3. The summed E-state index contributed by atoms with van der Waals surface area (Å²) in [6.45, 7) is 2.26. The molecule has 0 aliphatic heterocycles. The third-order valence-electron chi connectivity index (χ3n) is 4.64. The van der Waals surface area contributed by atoms with Gasteiger partial charge in [-0.25, -0.2) is 0 Å². The molecule has 2 rings (SSSR count). The van der Waals surface area contributed by atoms with Crippen molar-refractivity contribution in [3.05, 3.63) is 23.2 Å². The molecule has 138 valence electrons. The largest absolute Gasteiger partial charge is 0.273 e. The summed E-state index contributed by atoms with van der Waals surface area (Å²) >= 11 is 5.93. The average molecular weight is 364 g/mol. The monoisotopic (exact) mass is 363 g/mol. The number of unbranched alkanes of at least 4 members (excludes halogenated alkanes) is 10. The first-order valence-corrected chi connectivity index (χ1v) is 10.1. The fraction of sp³-hybridized carbons (Fsp3) is 0.650. The molecule has 0 saturated heterocycles. The van der Waals surface area contributed by atoms with Gasteiger partial charge >= 0.3 is 0 Å². The molecule has 0 atom stereocenters. The van der Waals surface area contributed by atoms with Gasteiger partial charge in [0.15, 0.2) is 0 Å². The number of aromatic nitrogens is 3. The minimum Gasteiger partial charge on any atom is -0.273 e. The summed E-state index contributed by atoms with van der Waals surface area (Å²) in [5, 5.41) is 8.59. The Morgan fingerprint density at radius 2 is 1.56 bits per heavy atom.